The topological polar surface area (TPSA) is 9.23 Å². The van der Waals surface area contributed by atoms with E-state index in [0.717, 1.165) is 30.4 Å². The van der Waals surface area contributed by atoms with Crippen molar-refractivity contribution in [2.75, 3.05) is 7.11 Å². The molecule has 11 aromatic carbocycles. The Labute approximate surface area is 781 Å². The first-order valence-electron chi connectivity index (χ1n) is 49.2. The van der Waals surface area contributed by atoms with Crippen LogP contribution in [0, 0.1) is 78.1 Å². The third-order valence-electron chi connectivity index (χ3n) is 28.5. The Morgan fingerprint density at radius 2 is 0.890 bits per heavy atom. The molecule has 4 atom stereocenters. The third kappa shape index (κ3) is 30.1. The van der Waals surface area contributed by atoms with Gasteiger partial charge in [-0.15, -0.1) is 0 Å². The van der Waals surface area contributed by atoms with E-state index in [-0.39, 0.29) is 37.9 Å². The fraction of sp³-hybridized carbons (Fsp3) is 0.508. The molecule has 0 saturated heterocycles. The zero-order valence-corrected chi connectivity index (χ0v) is 88.4. The van der Waals surface area contributed by atoms with Gasteiger partial charge in [0.1, 0.15) is 5.75 Å². The second-order valence-corrected chi connectivity index (χ2v) is 46.0. The zero-order chi connectivity index (χ0) is 95.3. The fourth-order valence-electron chi connectivity index (χ4n) is 19.2. The molecule has 2 aliphatic rings. The van der Waals surface area contributed by atoms with E-state index < -0.39 is 0 Å². The van der Waals surface area contributed by atoms with Crippen LogP contribution in [0.25, 0.3) is 21.5 Å². The average Bonchev–Trinajstić information content (AvgIpc) is 0.759. The van der Waals surface area contributed by atoms with Gasteiger partial charge >= 0.3 is 0 Å². The molecule has 11 aromatic rings. The first kappa shape index (κ1) is 108. The summed E-state index contributed by atoms with van der Waals surface area (Å²) < 4.78 is 5.51. The third-order valence-corrected chi connectivity index (χ3v) is 28.5. The highest BCUT2D eigenvalue weighted by Crippen LogP contribution is 2.47. The van der Waals surface area contributed by atoms with E-state index in [1.54, 1.807) is 29.4 Å². The monoisotopic (exact) mass is 1710 g/mol. The Balaban J connectivity index is 0.000000228. The normalized spacial score (nSPS) is 14.8. The van der Waals surface area contributed by atoms with E-state index in [9.17, 15) is 0 Å². The number of fused-ring (bicyclic) bond motifs is 3. The second-order valence-electron chi connectivity index (χ2n) is 46.0. The summed E-state index contributed by atoms with van der Waals surface area (Å²) in [6.07, 6.45) is 15.9. The lowest BCUT2D eigenvalue weighted by molar-refractivity contribution is 0.226. The van der Waals surface area contributed by atoms with E-state index in [0.29, 0.717) is 23.2 Å². The van der Waals surface area contributed by atoms with Crippen molar-refractivity contribution in [1.82, 2.24) is 0 Å². The van der Waals surface area contributed by atoms with Crippen molar-refractivity contribution in [2.24, 2.45) is 22.7 Å². The molecule has 0 bridgehead atoms. The molecule has 0 aliphatic heterocycles. The van der Waals surface area contributed by atoms with Gasteiger partial charge < -0.3 is 4.74 Å². The summed E-state index contributed by atoms with van der Waals surface area (Å²) in [6.45, 7) is 87.0. The van der Waals surface area contributed by atoms with Crippen molar-refractivity contribution in [3.8, 4) is 5.75 Å². The lowest BCUT2D eigenvalue weighted by Crippen LogP contribution is -2.34. The van der Waals surface area contributed by atoms with Crippen molar-refractivity contribution in [3.63, 3.8) is 0 Å². The van der Waals surface area contributed by atoms with Gasteiger partial charge in [0.25, 0.3) is 0 Å². The van der Waals surface area contributed by atoms with Crippen LogP contribution >= 0.6 is 0 Å². The van der Waals surface area contributed by atoms with Gasteiger partial charge in [-0.3, -0.25) is 0 Å². The molecule has 2 aliphatic carbocycles. The highest BCUT2D eigenvalue weighted by atomic mass is 16.5. The molecular formula is C126H180O. The van der Waals surface area contributed by atoms with Gasteiger partial charge in [-0.05, 0) is 335 Å². The van der Waals surface area contributed by atoms with Crippen LogP contribution in [0.4, 0.5) is 0 Å². The highest BCUT2D eigenvalue weighted by Gasteiger charge is 2.37. The quantitative estimate of drug-likeness (QED) is 0.125. The molecule has 1 heteroatoms. The van der Waals surface area contributed by atoms with Gasteiger partial charge in [-0.1, -0.05) is 428 Å². The summed E-state index contributed by atoms with van der Waals surface area (Å²) in [5.41, 5.74) is 35.8. The maximum Gasteiger partial charge on any atom is 0.119 e. The van der Waals surface area contributed by atoms with E-state index >= 15 is 0 Å². The summed E-state index contributed by atoms with van der Waals surface area (Å²) in [5.74, 6) is 4.35. The zero-order valence-electron chi connectivity index (χ0n) is 88.4. The van der Waals surface area contributed by atoms with Crippen LogP contribution in [0.1, 0.15) is 398 Å². The molecular weight excluding hydrogens is 1530 g/mol. The van der Waals surface area contributed by atoms with Gasteiger partial charge in [-0.2, -0.15) is 0 Å². The summed E-state index contributed by atoms with van der Waals surface area (Å²) in [6, 6.07) is 75.0. The van der Waals surface area contributed by atoms with E-state index in [1.807, 2.05) is 0 Å². The average molecular weight is 1710 g/mol. The molecule has 0 amide bonds. The van der Waals surface area contributed by atoms with Gasteiger partial charge in [0.15, 0.2) is 0 Å². The van der Waals surface area contributed by atoms with Crippen LogP contribution in [0.3, 0.4) is 0 Å². The van der Waals surface area contributed by atoms with Crippen LogP contribution in [0.15, 0.2) is 206 Å². The van der Waals surface area contributed by atoms with Gasteiger partial charge in [0.2, 0.25) is 0 Å². The molecule has 0 N–H and O–H groups in total. The summed E-state index contributed by atoms with van der Waals surface area (Å²) >= 11 is 0. The molecule has 13 rings (SSSR count). The molecule has 690 valence electrons. The first-order chi connectivity index (χ1) is 59.0. The van der Waals surface area contributed by atoms with E-state index in [4.69, 9.17) is 4.74 Å². The molecule has 1 nitrogen and oxygen atoms in total. The van der Waals surface area contributed by atoms with Crippen LogP contribution in [-0.4, -0.2) is 7.11 Å². The van der Waals surface area contributed by atoms with E-state index in [2.05, 4.69) is 469 Å². The van der Waals surface area contributed by atoms with E-state index in [1.165, 1.54) is 191 Å². The number of ether oxygens (including phenoxy) is 1. The minimum Gasteiger partial charge on any atom is -0.497 e. The van der Waals surface area contributed by atoms with Crippen LogP contribution in [0.2, 0.25) is 0 Å². The second kappa shape index (κ2) is 46.5. The molecule has 0 heterocycles. The Morgan fingerprint density at radius 1 is 0.386 bits per heavy atom. The first-order valence-corrected chi connectivity index (χ1v) is 49.2. The Hall–Kier alpha value is -8.26. The van der Waals surface area contributed by atoms with Gasteiger partial charge in [0, 0.05) is 5.92 Å². The number of hydrogen-bond acceptors (Lipinski definition) is 1. The summed E-state index contributed by atoms with van der Waals surface area (Å²) in [7, 11) is 1.76. The molecule has 4 unspecified atom stereocenters. The van der Waals surface area contributed by atoms with Crippen LogP contribution in [-0.2, 0) is 64.6 Å². The van der Waals surface area contributed by atoms with Crippen molar-refractivity contribution in [3.05, 3.63) is 334 Å². The molecule has 0 aromatic heterocycles. The van der Waals surface area contributed by atoms with Gasteiger partial charge in [0.05, 0.1) is 7.11 Å². The minimum absolute atomic E-state index is 0.135. The maximum absolute atomic E-state index is 5.51. The number of aryl methyl sites for hydroxylation is 7. The lowest BCUT2D eigenvalue weighted by Gasteiger charge is -2.41. The number of benzene rings is 11. The predicted molar refractivity (Wildman–Crippen MR) is 568 cm³/mol. The predicted octanol–water partition coefficient (Wildman–Crippen LogP) is 37.3. The fourth-order valence-corrected chi connectivity index (χ4v) is 19.2. The molecule has 0 radical (unpaired) electrons. The van der Waals surface area contributed by atoms with Crippen LogP contribution in [0.5, 0.6) is 5.75 Å². The van der Waals surface area contributed by atoms with Crippen molar-refractivity contribution < 1.29 is 4.74 Å². The Bertz CT molecular complexity index is 5240. The van der Waals surface area contributed by atoms with Crippen LogP contribution < -0.4 is 4.74 Å². The Kier molecular flexibility index (Phi) is 39.4. The molecule has 1 fully saturated rings. The maximum atomic E-state index is 5.51. The molecule has 127 heavy (non-hydrogen) atoms. The number of hydrogen-bond donors (Lipinski definition) is 0. The smallest absolute Gasteiger partial charge is 0.119 e. The molecule has 1 saturated carbocycles. The summed E-state index contributed by atoms with van der Waals surface area (Å²) in [4.78, 5) is 0. The SMILES string of the molecule is CCCc1ccccc1C.CCc1ccccc1C.COc1cc(CC(C)C(C)(C)C)c(C)c(C(C)(C)C)c1.Cc1c(C(C)C)cc(C(C)(C)C)cc1C(C)(C)C.Cc1c(C(C)c2ccccc2)cc2ccccc2c1C(C)(C)C.Cc1c(C2CCCCC2C)ccc2c1CCCC2.Cc1ccc2ccccc2c1C(C)(C)C(C)(C)C.Cc1ccccc1C(C)(C)C. The molecule has 0 spiro atoms. The number of methoxy groups -OCH3 is 1. The Morgan fingerprint density at radius 3 is 1.38 bits per heavy atom. The van der Waals surface area contributed by atoms with Crippen molar-refractivity contribution in [1.29, 1.82) is 0 Å². The van der Waals surface area contributed by atoms with Gasteiger partial charge in [-0.25, -0.2) is 0 Å². The lowest BCUT2D eigenvalue weighted by atomic mass is 9.63. The summed E-state index contributed by atoms with van der Waals surface area (Å²) in [5, 5.41) is 5.48. The minimum atomic E-state index is 0.135. The number of rotatable bonds is 11. The largest absolute Gasteiger partial charge is 0.497 e. The van der Waals surface area contributed by atoms with Crippen molar-refractivity contribution in [2.45, 2.75) is 390 Å². The standard InChI is InChI=1S/C23H26.C19H32O.C18H26.C18H24.C18H30.C11H16.C10H14.C9H12/c1-16(18-11-7-6-8-12-18)21-15-19-13-9-10-14-20(19)22(17(21)2)23(3,4)5;1-13(18(3,4)5)10-15-11-16(20-9)12-17(14(15)2)19(6,7)8;1-13-7-3-5-9-16(13)18-12-11-15-8-4-6-10-17(15)14(18)2;1-13-11-12-14-9-7-8-10-15(14)16(13)18(5,6)17(2,3)4;1-12(2)15-10-14(17(4,5)6)11-16(13(15)3)18(7,8)9;1-9-7-5-6-8-10(9)11(2,3)4;1-3-6-10-8-5-4-7-9(10)2;1-3-9-7-5-4-6-8(9)2/h6-16H,1-5H3;11-13H,10H2,1-9H3;11-13,16H,3-10H2,1-2H3;7-12H,1-6H3;10-12H,1-9H3;5-8H,1-4H3;4-5,7-8H,3,6H2,1-2H3;4-7H,3H2,1-2H3. The highest BCUT2D eigenvalue weighted by molar-refractivity contribution is 5.89. The van der Waals surface area contributed by atoms with Crippen molar-refractivity contribution >= 4 is 21.5 Å².